The summed E-state index contributed by atoms with van der Waals surface area (Å²) in [5, 5.41) is 11.5. The number of carbonyl (C=O) groups is 2. The van der Waals surface area contributed by atoms with Crippen LogP contribution in [0.5, 0.6) is 0 Å². The molecule has 2 heterocycles. The van der Waals surface area contributed by atoms with E-state index >= 15 is 0 Å². The summed E-state index contributed by atoms with van der Waals surface area (Å²) in [6.07, 6.45) is 1.74. The van der Waals surface area contributed by atoms with Crippen molar-refractivity contribution in [3.63, 3.8) is 0 Å². The van der Waals surface area contributed by atoms with Crippen molar-refractivity contribution in [2.24, 2.45) is 0 Å². The van der Waals surface area contributed by atoms with E-state index in [2.05, 4.69) is 10.3 Å². The second-order valence-electron chi connectivity index (χ2n) is 3.78. The molecule has 0 atom stereocenters. The predicted octanol–water partition coefficient (Wildman–Crippen LogP) is 1.29. The molecule has 0 unspecified atom stereocenters. The molecule has 78 valence electrons. The fourth-order valence-electron chi connectivity index (χ4n) is 1.65. The number of carboxylic acids is 1. The highest BCUT2D eigenvalue weighted by molar-refractivity contribution is 8.02. The summed E-state index contributed by atoms with van der Waals surface area (Å²) in [6, 6.07) is 1.57. The van der Waals surface area contributed by atoms with Crippen molar-refractivity contribution >= 4 is 29.5 Å². The number of fused-ring (bicyclic) bond motifs is 1. The minimum Gasteiger partial charge on any atom is -0.477 e. The zero-order valence-electron chi connectivity index (χ0n) is 7.66. The first-order chi connectivity index (χ1) is 7.11. The van der Waals surface area contributed by atoms with Crippen molar-refractivity contribution in [1.29, 1.82) is 0 Å². The Kier molecular flexibility index (Phi) is 1.52. The van der Waals surface area contributed by atoms with E-state index < -0.39 is 5.97 Å². The third-order valence-corrected chi connectivity index (χ3v) is 4.20. The van der Waals surface area contributed by atoms with Gasteiger partial charge in [-0.3, -0.25) is 4.79 Å². The summed E-state index contributed by atoms with van der Waals surface area (Å²) < 4.78 is -0.315. The van der Waals surface area contributed by atoms with Crippen LogP contribution in [0.4, 0.5) is 5.82 Å². The number of H-pyrrole nitrogens is 1. The smallest absolute Gasteiger partial charge is 0.352 e. The Labute approximate surface area is 89.2 Å². The Hall–Kier alpha value is -1.43. The van der Waals surface area contributed by atoms with Gasteiger partial charge in [-0.2, -0.15) is 0 Å². The standard InChI is InChI=1S/C9H8N2O3S/c12-7(13)4-3-5-6(10-4)11-8(14)9(15-5)1-2-9/h3,10H,1-2H2,(H,11,14)(H,12,13). The van der Waals surface area contributed by atoms with E-state index in [-0.39, 0.29) is 16.3 Å². The first-order valence-corrected chi connectivity index (χ1v) is 5.39. The van der Waals surface area contributed by atoms with Crippen LogP contribution in [0.3, 0.4) is 0 Å². The van der Waals surface area contributed by atoms with Crippen LogP contribution in [0.2, 0.25) is 0 Å². The van der Waals surface area contributed by atoms with Gasteiger partial charge < -0.3 is 15.4 Å². The van der Waals surface area contributed by atoms with Crippen LogP contribution in [-0.2, 0) is 4.79 Å². The number of anilines is 1. The molecule has 1 spiro atoms. The summed E-state index contributed by atoms with van der Waals surface area (Å²) in [5.41, 5.74) is 0.116. The fraction of sp³-hybridized carbons (Fsp3) is 0.333. The van der Waals surface area contributed by atoms with Crippen LogP contribution < -0.4 is 5.32 Å². The first kappa shape index (κ1) is 8.84. The maximum Gasteiger partial charge on any atom is 0.352 e. The number of aromatic amines is 1. The van der Waals surface area contributed by atoms with E-state index in [9.17, 15) is 9.59 Å². The molecule has 1 aliphatic carbocycles. The highest BCUT2D eigenvalue weighted by Crippen LogP contribution is 2.56. The SMILES string of the molecule is O=C(O)c1cc2c([nH]1)NC(=O)C1(CC1)S2. The molecule has 1 aromatic heterocycles. The van der Waals surface area contributed by atoms with Crippen LogP contribution in [0.15, 0.2) is 11.0 Å². The Morgan fingerprint density at radius 3 is 2.87 bits per heavy atom. The largest absolute Gasteiger partial charge is 0.477 e. The molecule has 0 saturated heterocycles. The van der Waals surface area contributed by atoms with Gasteiger partial charge in [-0.05, 0) is 18.9 Å². The summed E-state index contributed by atoms with van der Waals surface area (Å²) in [5.74, 6) is -0.511. The molecule has 3 rings (SSSR count). The van der Waals surface area contributed by atoms with Gasteiger partial charge in [0.15, 0.2) is 0 Å². The molecule has 1 aliphatic heterocycles. The van der Waals surface area contributed by atoms with Gasteiger partial charge in [0, 0.05) is 0 Å². The molecule has 6 heteroatoms. The lowest BCUT2D eigenvalue weighted by atomic mass is 10.3. The normalized spacial score (nSPS) is 20.9. The Morgan fingerprint density at radius 2 is 2.27 bits per heavy atom. The summed E-state index contributed by atoms with van der Waals surface area (Å²) >= 11 is 1.46. The number of carboxylic acid groups (broad SMARTS) is 1. The number of thioether (sulfide) groups is 1. The van der Waals surface area contributed by atoms with E-state index in [1.807, 2.05) is 0 Å². The van der Waals surface area contributed by atoms with E-state index in [0.29, 0.717) is 5.82 Å². The summed E-state index contributed by atoms with van der Waals surface area (Å²) in [6.45, 7) is 0. The molecule has 3 N–H and O–H groups in total. The van der Waals surface area contributed by atoms with Crippen molar-refractivity contribution in [2.45, 2.75) is 22.5 Å². The lowest BCUT2D eigenvalue weighted by molar-refractivity contribution is -0.116. The molecule has 2 aliphatic rings. The highest BCUT2D eigenvalue weighted by Gasteiger charge is 2.53. The van der Waals surface area contributed by atoms with Gasteiger partial charge in [0.1, 0.15) is 11.5 Å². The van der Waals surface area contributed by atoms with E-state index in [1.165, 1.54) is 11.8 Å². The van der Waals surface area contributed by atoms with Crippen molar-refractivity contribution in [1.82, 2.24) is 4.98 Å². The maximum absolute atomic E-state index is 11.6. The third-order valence-electron chi connectivity index (χ3n) is 2.67. The highest BCUT2D eigenvalue weighted by atomic mass is 32.2. The van der Waals surface area contributed by atoms with E-state index in [4.69, 9.17) is 5.11 Å². The summed E-state index contributed by atoms with van der Waals surface area (Å²) in [7, 11) is 0. The van der Waals surface area contributed by atoms with Gasteiger partial charge in [0.05, 0.1) is 9.64 Å². The van der Waals surface area contributed by atoms with Gasteiger partial charge in [-0.1, -0.05) is 0 Å². The Bertz CT molecular complexity index is 476. The first-order valence-electron chi connectivity index (χ1n) is 4.57. The molecule has 5 nitrogen and oxygen atoms in total. The molecule has 1 amide bonds. The van der Waals surface area contributed by atoms with Crippen molar-refractivity contribution in [3.05, 3.63) is 11.8 Å². The van der Waals surface area contributed by atoms with E-state index in [1.54, 1.807) is 6.07 Å². The number of hydrogen-bond donors (Lipinski definition) is 3. The number of aromatic nitrogens is 1. The minimum absolute atomic E-state index is 0.0150. The second-order valence-corrected chi connectivity index (χ2v) is 5.20. The molecular formula is C9H8N2O3S. The average Bonchev–Trinajstić information content (AvgIpc) is 2.81. The van der Waals surface area contributed by atoms with Crippen LogP contribution in [0, 0.1) is 0 Å². The van der Waals surface area contributed by atoms with Gasteiger partial charge in [0.25, 0.3) is 0 Å². The zero-order chi connectivity index (χ0) is 10.6. The number of amides is 1. The molecule has 0 bridgehead atoms. The van der Waals surface area contributed by atoms with Gasteiger partial charge in [-0.25, -0.2) is 4.79 Å². The quantitative estimate of drug-likeness (QED) is 0.671. The molecular weight excluding hydrogens is 216 g/mol. The average molecular weight is 224 g/mol. The van der Waals surface area contributed by atoms with E-state index in [0.717, 1.165) is 17.7 Å². The third kappa shape index (κ3) is 1.18. The van der Waals surface area contributed by atoms with Crippen molar-refractivity contribution in [2.75, 3.05) is 5.32 Å². The van der Waals surface area contributed by atoms with Gasteiger partial charge in [0.2, 0.25) is 5.91 Å². The van der Waals surface area contributed by atoms with Gasteiger partial charge >= 0.3 is 5.97 Å². The molecule has 15 heavy (non-hydrogen) atoms. The molecule has 1 fully saturated rings. The summed E-state index contributed by atoms with van der Waals surface area (Å²) in [4.78, 5) is 25.8. The lowest BCUT2D eigenvalue weighted by Crippen LogP contribution is -2.30. The van der Waals surface area contributed by atoms with Crippen LogP contribution >= 0.6 is 11.8 Å². The fourth-order valence-corrected chi connectivity index (χ4v) is 2.90. The number of rotatable bonds is 1. The van der Waals surface area contributed by atoms with Crippen LogP contribution in [-0.4, -0.2) is 26.7 Å². The number of hydrogen-bond acceptors (Lipinski definition) is 3. The number of nitrogens with one attached hydrogen (secondary N) is 2. The molecule has 1 saturated carbocycles. The topological polar surface area (TPSA) is 82.2 Å². The van der Waals surface area contributed by atoms with Gasteiger partial charge in [-0.15, -0.1) is 11.8 Å². The second kappa shape index (κ2) is 2.57. The Balaban J connectivity index is 2.02. The maximum atomic E-state index is 11.6. The zero-order valence-corrected chi connectivity index (χ0v) is 8.48. The lowest BCUT2D eigenvalue weighted by Gasteiger charge is -2.20. The monoisotopic (exact) mass is 224 g/mol. The minimum atomic E-state index is -1.01. The number of aromatic carboxylic acids is 1. The predicted molar refractivity (Wildman–Crippen MR) is 54.2 cm³/mol. The van der Waals surface area contributed by atoms with Crippen molar-refractivity contribution in [3.8, 4) is 0 Å². The van der Waals surface area contributed by atoms with Crippen molar-refractivity contribution < 1.29 is 14.7 Å². The Morgan fingerprint density at radius 1 is 1.53 bits per heavy atom. The molecule has 0 radical (unpaired) electrons. The van der Waals surface area contributed by atoms with Crippen LogP contribution in [0.25, 0.3) is 0 Å². The molecule has 0 aromatic carbocycles. The number of carbonyl (C=O) groups excluding carboxylic acids is 1. The van der Waals surface area contributed by atoms with Crippen LogP contribution in [0.1, 0.15) is 23.3 Å². The molecule has 1 aromatic rings.